The Hall–Kier alpha value is 0.0700. The van der Waals surface area contributed by atoms with E-state index in [1.54, 1.807) is 0 Å². The zero-order chi connectivity index (χ0) is 9.84. The van der Waals surface area contributed by atoms with E-state index in [0.717, 1.165) is 12.8 Å². The van der Waals surface area contributed by atoms with Gasteiger partial charge < -0.3 is 0 Å². The van der Waals surface area contributed by atoms with Gasteiger partial charge in [-0.2, -0.15) is 4.21 Å². The SMILES string of the molecule is CC1CCCC(C)C(OS(=O)O)C1. The summed E-state index contributed by atoms with van der Waals surface area (Å²) in [4.78, 5) is 0. The summed E-state index contributed by atoms with van der Waals surface area (Å²) in [5.74, 6) is 1.01. The molecule has 0 aromatic heterocycles. The minimum absolute atomic E-state index is 0.0386. The lowest BCUT2D eigenvalue weighted by Crippen LogP contribution is -2.23. The van der Waals surface area contributed by atoms with Gasteiger partial charge in [0.1, 0.15) is 0 Å². The monoisotopic (exact) mass is 206 g/mol. The van der Waals surface area contributed by atoms with Gasteiger partial charge in [-0.15, -0.1) is 0 Å². The molecule has 0 bridgehead atoms. The molecule has 0 heterocycles. The van der Waals surface area contributed by atoms with E-state index in [-0.39, 0.29) is 6.10 Å². The lowest BCUT2D eigenvalue weighted by Gasteiger charge is -2.20. The van der Waals surface area contributed by atoms with Crippen molar-refractivity contribution in [2.24, 2.45) is 11.8 Å². The van der Waals surface area contributed by atoms with Gasteiger partial charge in [0.2, 0.25) is 0 Å². The topological polar surface area (TPSA) is 46.5 Å². The molecule has 4 unspecified atom stereocenters. The van der Waals surface area contributed by atoms with Crippen LogP contribution in [0.4, 0.5) is 0 Å². The van der Waals surface area contributed by atoms with Crippen molar-refractivity contribution in [3.63, 3.8) is 0 Å². The third-order valence-corrected chi connectivity index (χ3v) is 3.24. The Morgan fingerprint density at radius 1 is 1.38 bits per heavy atom. The highest BCUT2D eigenvalue weighted by molar-refractivity contribution is 7.74. The van der Waals surface area contributed by atoms with Gasteiger partial charge >= 0.3 is 11.4 Å². The predicted octanol–water partition coefficient (Wildman–Crippen LogP) is 2.35. The van der Waals surface area contributed by atoms with E-state index in [1.807, 2.05) is 0 Å². The Kier molecular flexibility index (Phi) is 4.35. The van der Waals surface area contributed by atoms with E-state index < -0.39 is 11.4 Å². The van der Waals surface area contributed by atoms with Crippen LogP contribution in [0.3, 0.4) is 0 Å². The zero-order valence-electron chi connectivity index (χ0n) is 8.23. The lowest BCUT2D eigenvalue weighted by molar-refractivity contribution is 0.129. The number of hydrogen-bond donors (Lipinski definition) is 1. The molecular formula is C9H18O3S. The molecule has 0 radical (unpaired) electrons. The van der Waals surface area contributed by atoms with Gasteiger partial charge in [0.15, 0.2) is 0 Å². The van der Waals surface area contributed by atoms with Crippen molar-refractivity contribution in [3.05, 3.63) is 0 Å². The standard InChI is InChI=1S/C9H18O3S/c1-7-4-3-5-8(2)9(6-7)12-13(10)11/h7-9H,3-6H2,1-2H3,(H,10,11). The van der Waals surface area contributed by atoms with E-state index in [0.29, 0.717) is 11.8 Å². The molecule has 1 rings (SSSR count). The second kappa shape index (κ2) is 5.08. The Labute approximate surface area is 82.4 Å². The molecular weight excluding hydrogens is 188 g/mol. The fourth-order valence-corrected chi connectivity index (χ4v) is 2.44. The van der Waals surface area contributed by atoms with Crippen LogP contribution in [-0.2, 0) is 15.5 Å². The first-order chi connectivity index (χ1) is 6.09. The molecule has 13 heavy (non-hydrogen) atoms. The quantitative estimate of drug-likeness (QED) is 0.557. The number of rotatable bonds is 2. The van der Waals surface area contributed by atoms with Gasteiger partial charge in [0, 0.05) is 0 Å². The molecule has 3 nitrogen and oxygen atoms in total. The Morgan fingerprint density at radius 3 is 2.69 bits per heavy atom. The highest BCUT2D eigenvalue weighted by Gasteiger charge is 2.25. The van der Waals surface area contributed by atoms with Gasteiger partial charge in [-0.3, -0.25) is 8.74 Å². The molecule has 1 aliphatic carbocycles. The molecule has 1 fully saturated rings. The van der Waals surface area contributed by atoms with Crippen molar-refractivity contribution < 1.29 is 12.9 Å². The van der Waals surface area contributed by atoms with Crippen molar-refractivity contribution in [2.45, 2.75) is 45.6 Å². The van der Waals surface area contributed by atoms with E-state index in [9.17, 15) is 4.21 Å². The third-order valence-electron chi connectivity index (χ3n) is 2.83. The van der Waals surface area contributed by atoms with Crippen molar-refractivity contribution in [2.75, 3.05) is 0 Å². The summed E-state index contributed by atoms with van der Waals surface area (Å²) in [7, 11) is 0. The van der Waals surface area contributed by atoms with Crippen LogP contribution in [0, 0.1) is 11.8 Å². The largest absolute Gasteiger partial charge is 0.302 e. The normalized spacial score (nSPS) is 38.2. The molecule has 0 spiro atoms. The second-order valence-corrected chi connectivity index (χ2v) is 4.73. The van der Waals surface area contributed by atoms with E-state index >= 15 is 0 Å². The van der Waals surface area contributed by atoms with Crippen molar-refractivity contribution in [3.8, 4) is 0 Å². The summed E-state index contributed by atoms with van der Waals surface area (Å²) in [5.41, 5.74) is 0. The summed E-state index contributed by atoms with van der Waals surface area (Å²) in [6.07, 6.45) is 4.39. The Balaban J connectivity index is 2.51. The number of hydrogen-bond acceptors (Lipinski definition) is 2. The summed E-state index contributed by atoms with van der Waals surface area (Å²) in [6, 6.07) is 0. The molecule has 1 saturated carbocycles. The smallest absolute Gasteiger partial charge is 0.284 e. The summed E-state index contributed by atoms with van der Waals surface area (Å²) >= 11 is -2.11. The predicted molar refractivity (Wildman–Crippen MR) is 52.4 cm³/mol. The van der Waals surface area contributed by atoms with E-state index in [1.165, 1.54) is 12.8 Å². The van der Waals surface area contributed by atoms with E-state index in [4.69, 9.17) is 8.74 Å². The first kappa shape index (κ1) is 11.1. The molecule has 1 N–H and O–H groups in total. The summed E-state index contributed by atoms with van der Waals surface area (Å²) in [5, 5.41) is 0. The van der Waals surface area contributed by atoms with Crippen LogP contribution in [0.15, 0.2) is 0 Å². The maximum atomic E-state index is 10.5. The van der Waals surface area contributed by atoms with Gasteiger partial charge in [0.05, 0.1) is 6.10 Å². The van der Waals surface area contributed by atoms with Crippen molar-refractivity contribution >= 4 is 11.4 Å². The van der Waals surface area contributed by atoms with Gasteiger partial charge in [0.25, 0.3) is 0 Å². The van der Waals surface area contributed by atoms with Gasteiger partial charge in [-0.05, 0) is 24.7 Å². The van der Waals surface area contributed by atoms with Gasteiger partial charge in [-0.25, -0.2) is 0 Å². The first-order valence-electron chi connectivity index (χ1n) is 4.87. The second-order valence-electron chi connectivity index (χ2n) is 4.10. The Morgan fingerprint density at radius 2 is 2.08 bits per heavy atom. The fraction of sp³-hybridized carbons (Fsp3) is 1.00. The molecule has 4 heteroatoms. The highest BCUT2D eigenvalue weighted by atomic mass is 32.2. The molecule has 0 amide bonds. The van der Waals surface area contributed by atoms with Crippen molar-refractivity contribution in [1.82, 2.24) is 0 Å². The van der Waals surface area contributed by atoms with Crippen LogP contribution in [0.25, 0.3) is 0 Å². The zero-order valence-corrected chi connectivity index (χ0v) is 9.05. The summed E-state index contributed by atoms with van der Waals surface area (Å²) in [6.45, 7) is 4.27. The highest BCUT2D eigenvalue weighted by Crippen LogP contribution is 2.29. The van der Waals surface area contributed by atoms with Crippen LogP contribution >= 0.6 is 0 Å². The average molecular weight is 206 g/mol. The molecule has 0 aromatic carbocycles. The van der Waals surface area contributed by atoms with Gasteiger partial charge in [-0.1, -0.05) is 26.7 Å². The third kappa shape index (κ3) is 3.75. The lowest BCUT2D eigenvalue weighted by atomic mass is 9.98. The first-order valence-corrected chi connectivity index (χ1v) is 5.90. The molecule has 78 valence electrons. The van der Waals surface area contributed by atoms with E-state index in [2.05, 4.69) is 13.8 Å². The molecule has 0 aliphatic heterocycles. The maximum Gasteiger partial charge on any atom is 0.302 e. The van der Waals surface area contributed by atoms with Crippen LogP contribution in [0.5, 0.6) is 0 Å². The van der Waals surface area contributed by atoms with Crippen LogP contribution in [-0.4, -0.2) is 14.9 Å². The summed E-state index contributed by atoms with van der Waals surface area (Å²) < 4.78 is 24.2. The fourth-order valence-electron chi connectivity index (χ4n) is 1.96. The molecule has 1 aliphatic rings. The average Bonchev–Trinajstić information content (AvgIpc) is 2.14. The van der Waals surface area contributed by atoms with Crippen molar-refractivity contribution in [1.29, 1.82) is 0 Å². The van der Waals surface area contributed by atoms with Crippen LogP contribution in [0.1, 0.15) is 39.5 Å². The minimum Gasteiger partial charge on any atom is -0.284 e. The maximum absolute atomic E-state index is 10.5. The Bertz CT molecular complexity index is 184. The molecule has 4 atom stereocenters. The van der Waals surface area contributed by atoms with Crippen LogP contribution in [0.2, 0.25) is 0 Å². The molecule has 0 aromatic rings. The molecule has 0 saturated heterocycles. The van der Waals surface area contributed by atoms with Crippen LogP contribution < -0.4 is 0 Å². The minimum atomic E-state index is -2.11.